The van der Waals surface area contributed by atoms with Crippen molar-refractivity contribution in [3.05, 3.63) is 29.6 Å². The molecule has 21 heavy (non-hydrogen) atoms. The Morgan fingerprint density at radius 1 is 1.29 bits per heavy atom. The van der Waals surface area contributed by atoms with Gasteiger partial charge in [0.1, 0.15) is 17.9 Å². The molecular formula is C15H19N5O. The zero-order valence-corrected chi connectivity index (χ0v) is 12.1. The van der Waals surface area contributed by atoms with Gasteiger partial charge in [-0.25, -0.2) is 9.97 Å². The molecule has 0 spiro atoms. The van der Waals surface area contributed by atoms with Gasteiger partial charge in [0.15, 0.2) is 5.82 Å². The van der Waals surface area contributed by atoms with Crippen LogP contribution in [0.1, 0.15) is 25.2 Å². The third kappa shape index (κ3) is 2.43. The highest BCUT2D eigenvalue weighted by Gasteiger charge is 2.18. The summed E-state index contributed by atoms with van der Waals surface area (Å²) in [6, 6.07) is 5.90. The highest BCUT2D eigenvalue weighted by molar-refractivity contribution is 6.07. The summed E-state index contributed by atoms with van der Waals surface area (Å²) < 4.78 is 0. The molecule has 0 saturated carbocycles. The first kappa shape index (κ1) is 13.8. The molecular weight excluding hydrogens is 266 g/mol. The van der Waals surface area contributed by atoms with Gasteiger partial charge in [0.05, 0.1) is 11.0 Å². The minimum Gasteiger partial charge on any atom is -0.388 e. The Morgan fingerprint density at radius 2 is 2.05 bits per heavy atom. The molecule has 0 radical (unpaired) electrons. The minimum atomic E-state index is -0.332. The van der Waals surface area contributed by atoms with Gasteiger partial charge in [-0.2, -0.15) is 0 Å². The summed E-state index contributed by atoms with van der Waals surface area (Å²) in [6.45, 7) is 3.81. The van der Waals surface area contributed by atoms with E-state index in [0.29, 0.717) is 23.6 Å². The van der Waals surface area contributed by atoms with Crippen molar-refractivity contribution in [3.63, 3.8) is 0 Å². The third-order valence-electron chi connectivity index (χ3n) is 3.41. The van der Waals surface area contributed by atoms with E-state index >= 15 is 0 Å². The van der Waals surface area contributed by atoms with Crippen molar-refractivity contribution in [3.8, 4) is 0 Å². The normalized spacial score (nSPS) is 12.4. The number of aliphatic hydroxyl groups excluding tert-OH is 1. The van der Waals surface area contributed by atoms with Crippen LogP contribution >= 0.6 is 0 Å². The number of nitrogen functional groups attached to an aromatic ring is 1. The Morgan fingerprint density at radius 3 is 2.71 bits per heavy atom. The van der Waals surface area contributed by atoms with Crippen LogP contribution in [0.2, 0.25) is 0 Å². The fourth-order valence-electron chi connectivity index (χ4n) is 2.65. The van der Waals surface area contributed by atoms with Crippen LogP contribution < -0.4 is 11.5 Å². The van der Waals surface area contributed by atoms with E-state index in [9.17, 15) is 5.11 Å². The molecule has 6 N–H and O–H groups in total. The predicted octanol–water partition coefficient (Wildman–Crippen LogP) is 1.47. The number of imidazole rings is 1. The fourth-order valence-corrected chi connectivity index (χ4v) is 2.65. The lowest BCUT2D eigenvalue weighted by Gasteiger charge is -2.19. The number of pyridine rings is 1. The maximum atomic E-state index is 9.28. The summed E-state index contributed by atoms with van der Waals surface area (Å²) >= 11 is 0. The number of rotatable bonds is 3. The van der Waals surface area contributed by atoms with E-state index in [-0.39, 0.29) is 12.1 Å². The van der Waals surface area contributed by atoms with E-state index in [1.54, 1.807) is 0 Å². The first-order valence-electron chi connectivity index (χ1n) is 6.84. The molecule has 0 amide bonds. The number of anilines is 1. The van der Waals surface area contributed by atoms with Gasteiger partial charge in [-0.3, -0.25) is 0 Å². The lowest BCUT2D eigenvalue weighted by molar-refractivity contribution is 0.273. The van der Waals surface area contributed by atoms with E-state index in [1.165, 1.54) is 0 Å². The van der Waals surface area contributed by atoms with Gasteiger partial charge in [-0.05, 0) is 31.9 Å². The smallest absolute Gasteiger partial charge is 0.152 e. The van der Waals surface area contributed by atoms with Crippen molar-refractivity contribution in [2.24, 2.45) is 5.73 Å². The maximum absolute atomic E-state index is 9.28. The van der Waals surface area contributed by atoms with Crippen LogP contribution in [0.15, 0.2) is 18.2 Å². The minimum absolute atomic E-state index is 0.167. The number of aromatic amines is 1. The van der Waals surface area contributed by atoms with Crippen LogP contribution in [0, 0.1) is 0 Å². The van der Waals surface area contributed by atoms with Crippen molar-refractivity contribution in [1.82, 2.24) is 15.0 Å². The van der Waals surface area contributed by atoms with E-state index in [0.717, 1.165) is 22.0 Å². The second-order valence-electron chi connectivity index (χ2n) is 6.04. The molecule has 3 aromatic rings. The Bertz CT molecular complexity index is 816. The average Bonchev–Trinajstić information content (AvgIpc) is 2.81. The van der Waals surface area contributed by atoms with Gasteiger partial charge in [0.2, 0.25) is 0 Å². The molecule has 0 atom stereocenters. The van der Waals surface area contributed by atoms with E-state index in [1.807, 2.05) is 32.0 Å². The lowest BCUT2D eigenvalue weighted by atomic mass is 9.93. The number of hydrogen-bond donors (Lipinski definition) is 4. The lowest BCUT2D eigenvalue weighted by Crippen LogP contribution is -2.34. The second-order valence-corrected chi connectivity index (χ2v) is 6.04. The highest BCUT2D eigenvalue weighted by Crippen LogP contribution is 2.30. The Balaban J connectivity index is 2.37. The molecule has 0 aliphatic heterocycles. The molecule has 0 bridgehead atoms. The van der Waals surface area contributed by atoms with E-state index in [2.05, 4.69) is 15.0 Å². The first-order valence-corrected chi connectivity index (χ1v) is 6.84. The summed E-state index contributed by atoms with van der Waals surface area (Å²) in [6.07, 6.45) is 0.707. The van der Waals surface area contributed by atoms with Crippen molar-refractivity contribution in [1.29, 1.82) is 0 Å². The van der Waals surface area contributed by atoms with Crippen LogP contribution in [0.3, 0.4) is 0 Å². The number of benzene rings is 1. The standard InChI is InChI=1S/C15H19N5O/c1-15(2,17)6-8-4-3-5-9-11(8)12-13(14(16)18-9)20-10(7-21)19-12/h3-5,21H,6-7,17H2,1-2H3,(H2,16,18)(H,19,20). The molecule has 2 heterocycles. The van der Waals surface area contributed by atoms with Crippen LogP contribution in [-0.2, 0) is 13.0 Å². The SMILES string of the molecule is CC(C)(N)Cc1cccc2nc(N)c3nc(CO)[nH]c3c12. The van der Waals surface area contributed by atoms with Gasteiger partial charge in [-0.1, -0.05) is 12.1 Å². The number of aromatic nitrogens is 3. The number of nitrogens with two attached hydrogens (primary N) is 2. The van der Waals surface area contributed by atoms with Gasteiger partial charge >= 0.3 is 0 Å². The summed E-state index contributed by atoms with van der Waals surface area (Å²) in [5.74, 6) is 0.838. The summed E-state index contributed by atoms with van der Waals surface area (Å²) in [4.78, 5) is 11.8. The van der Waals surface area contributed by atoms with E-state index in [4.69, 9.17) is 11.5 Å². The monoisotopic (exact) mass is 285 g/mol. The van der Waals surface area contributed by atoms with Crippen LogP contribution in [0.5, 0.6) is 0 Å². The largest absolute Gasteiger partial charge is 0.388 e. The Kier molecular flexibility index (Phi) is 3.07. The maximum Gasteiger partial charge on any atom is 0.152 e. The number of fused-ring (bicyclic) bond motifs is 3. The number of hydrogen-bond acceptors (Lipinski definition) is 5. The fraction of sp³-hybridized carbons (Fsp3) is 0.333. The zero-order valence-electron chi connectivity index (χ0n) is 12.1. The summed E-state index contributed by atoms with van der Waals surface area (Å²) in [5.41, 5.74) is 15.1. The zero-order chi connectivity index (χ0) is 15.2. The molecule has 110 valence electrons. The van der Waals surface area contributed by atoms with E-state index < -0.39 is 0 Å². The molecule has 6 nitrogen and oxygen atoms in total. The van der Waals surface area contributed by atoms with Gasteiger partial charge in [0, 0.05) is 10.9 Å². The third-order valence-corrected chi connectivity index (χ3v) is 3.41. The van der Waals surface area contributed by atoms with Crippen LogP contribution in [0.25, 0.3) is 21.9 Å². The quantitative estimate of drug-likeness (QED) is 0.582. The van der Waals surface area contributed by atoms with Crippen molar-refractivity contribution in [2.75, 3.05) is 5.73 Å². The van der Waals surface area contributed by atoms with Crippen LogP contribution in [0.4, 0.5) is 5.82 Å². The molecule has 3 rings (SSSR count). The van der Waals surface area contributed by atoms with Crippen molar-refractivity contribution in [2.45, 2.75) is 32.4 Å². The molecule has 2 aromatic heterocycles. The molecule has 0 saturated heterocycles. The number of nitrogens with one attached hydrogen (secondary N) is 1. The predicted molar refractivity (Wildman–Crippen MR) is 83.7 cm³/mol. The molecule has 0 aliphatic carbocycles. The van der Waals surface area contributed by atoms with Crippen LogP contribution in [-0.4, -0.2) is 25.6 Å². The topological polar surface area (TPSA) is 114 Å². The van der Waals surface area contributed by atoms with Crippen molar-refractivity contribution < 1.29 is 5.11 Å². The highest BCUT2D eigenvalue weighted by atomic mass is 16.3. The van der Waals surface area contributed by atoms with Crippen molar-refractivity contribution >= 4 is 27.8 Å². The average molecular weight is 285 g/mol. The number of nitrogens with zero attached hydrogens (tertiary/aromatic N) is 2. The summed E-state index contributed by atoms with van der Waals surface area (Å²) in [5, 5.41) is 10.2. The number of aliphatic hydroxyl groups is 1. The Hall–Kier alpha value is -2.18. The molecule has 1 aromatic carbocycles. The Labute approximate surface area is 122 Å². The molecule has 0 aliphatic rings. The molecule has 0 fully saturated rings. The second kappa shape index (κ2) is 4.68. The van der Waals surface area contributed by atoms with Gasteiger partial charge < -0.3 is 21.6 Å². The van der Waals surface area contributed by atoms with Gasteiger partial charge in [0.25, 0.3) is 0 Å². The summed E-state index contributed by atoms with van der Waals surface area (Å²) in [7, 11) is 0. The number of H-pyrrole nitrogens is 1. The molecule has 0 unspecified atom stereocenters. The first-order chi connectivity index (χ1) is 9.89. The molecule has 6 heteroatoms. The van der Waals surface area contributed by atoms with Gasteiger partial charge in [-0.15, -0.1) is 0 Å².